The topological polar surface area (TPSA) is 65.1 Å². The van der Waals surface area contributed by atoms with Gasteiger partial charge in [-0.15, -0.1) is 0 Å². The highest BCUT2D eigenvalue weighted by molar-refractivity contribution is 5.86. The van der Waals surface area contributed by atoms with Gasteiger partial charge in [0.15, 0.2) is 0 Å². The van der Waals surface area contributed by atoms with Gasteiger partial charge in [0, 0.05) is 55.4 Å². The summed E-state index contributed by atoms with van der Waals surface area (Å²) in [5, 5.41) is 11.4. The molecule has 7 heteroatoms. The number of rotatable bonds is 7. The molecule has 41 heavy (non-hydrogen) atoms. The Balaban J connectivity index is 1.53. The van der Waals surface area contributed by atoms with Crippen molar-refractivity contribution in [3.05, 3.63) is 65.7 Å². The Morgan fingerprint density at radius 2 is 1.44 bits per heavy atom. The van der Waals surface area contributed by atoms with Crippen molar-refractivity contribution in [1.29, 1.82) is 0 Å². The molecule has 3 fully saturated rings. The summed E-state index contributed by atoms with van der Waals surface area (Å²) in [4.78, 5) is 11.7. The standard InChI is InChI=1S/C34H45FN6/c1-24-33(39-25-15-7-4-8-16-25)30(27-17-9-11-19-37-27)32(35)31(34(24)40-26-13-5-2-3-6-14-26)28-23-36-21-22-41(28)29-18-10-12-20-38-29/h9-12,17-20,25-26,28,36,39-40H,2-8,13-16,21-23H2,1H3. The van der Waals surface area contributed by atoms with E-state index in [-0.39, 0.29) is 11.9 Å². The zero-order valence-corrected chi connectivity index (χ0v) is 24.5. The zero-order valence-electron chi connectivity index (χ0n) is 24.5. The number of anilines is 3. The van der Waals surface area contributed by atoms with E-state index in [2.05, 4.69) is 32.8 Å². The van der Waals surface area contributed by atoms with E-state index in [0.717, 1.165) is 67.1 Å². The van der Waals surface area contributed by atoms with Crippen molar-refractivity contribution in [1.82, 2.24) is 15.3 Å². The average Bonchev–Trinajstić information content (AvgIpc) is 3.30. The highest BCUT2D eigenvalue weighted by atomic mass is 19.1. The van der Waals surface area contributed by atoms with Gasteiger partial charge < -0.3 is 20.9 Å². The number of pyridine rings is 2. The first-order chi connectivity index (χ1) is 20.2. The number of nitrogens with zero attached hydrogens (tertiary/aromatic N) is 3. The number of hydrogen-bond acceptors (Lipinski definition) is 6. The van der Waals surface area contributed by atoms with Gasteiger partial charge in [0.25, 0.3) is 0 Å². The molecule has 0 bridgehead atoms. The first kappa shape index (κ1) is 28.0. The lowest BCUT2D eigenvalue weighted by molar-refractivity contribution is 0.461. The summed E-state index contributed by atoms with van der Waals surface area (Å²) >= 11 is 0. The minimum atomic E-state index is -0.197. The third-order valence-electron chi connectivity index (χ3n) is 9.32. The highest BCUT2D eigenvalue weighted by Crippen LogP contribution is 2.46. The normalized spacial score (nSPS) is 20.9. The van der Waals surface area contributed by atoms with Crippen molar-refractivity contribution >= 4 is 17.2 Å². The number of halogens is 1. The van der Waals surface area contributed by atoms with E-state index in [4.69, 9.17) is 4.98 Å². The van der Waals surface area contributed by atoms with Crippen molar-refractivity contribution in [2.24, 2.45) is 0 Å². The Hall–Kier alpha value is -3.19. The monoisotopic (exact) mass is 556 g/mol. The van der Waals surface area contributed by atoms with Gasteiger partial charge >= 0.3 is 0 Å². The lowest BCUT2D eigenvalue weighted by Crippen LogP contribution is -2.47. The van der Waals surface area contributed by atoms with Gasteiger partial charge in [0.1, 0.15) is 11.6 Å². The molecule has 2 saturated carbocycles. The van der Waals surface area contributed by atoms with Crippen LogP contribution in [0.2, 0.25) is 0 Å². The maximum absolute atomic E-state index is 17.5. The van der Waals surface area contributed by atoms with Crippen LogP contribution in [0.5, 0.6) is 0 Å². The van der Waals surface area contributed by atoms with Crippen molar-refractivity contribution in [2.75, 3.05) is 35.2 Å². The Kier molecular flexibility index (Phi) is 9.00. The predicted molar refractivity (Wildman–Crippen MR) is 167 cm³/mol. The van der Waals surface area contributed by atoms with Crippen molar-refractivity contribution in [2.45, 2.75) is 95.7 Å². The first-order valence-electron chi connectivity index (χ1n) is 15.9. The largest absolute Gasteiger partial charge is 0.382 e. The zero-order chi connectivity index (χ0) is 28.0. The second kappa shape index (κ2) is 13.2. The van der Waals surface area contributed by atoms with Gasteiger partial charge in [0.05, 0.1) is 23.0 Å². The molecular weight excluding hydrogens is 511 g/mol. The molecule has 6 rings (SSSR count). The number of nitrogens with one attached hydrogen (secondary N) is 3. The number of piperazine rings is 1. The molecule has 1 aliphatic heterocycles. The van der Waals surface area contributed by atoms with Crippen LogP contribution in [-0.2, 0) is 0 Å². The SMILES string of the molecule is Cc1c(NC2CCCCC2)c(-c2ccccn2)c(F)c(C2CNCCN2c2ccccn2)c1NC1CCCCCC1. The molecule has 3 heterocycles. The second-order valence-corrected chi connectivity index (χ2v) is 12.1. The van der Waals surface area contributed by atoms with Crippen LogP contribution in [0.3, 0.4) is 0 Å². The molecule has 1 unspecified atom stereocenters. The summed E-state index contributed by atoms with van der Waals surface area (Å²) in [5.41, 5.74) is 4.98. The van der Waals surface area contributed by atoms with Crippen molar-refractivity contribution < 1.29 is 4.39 Å². The van der Waals surface area contributed by atoms with Crippen LogP contribution in [-0.4, -0.2) is 41.7 Å². The van der Waals surface area contributed by atoms with E-state index in [1.807, 2.05) is 42.6 Å². The highest BCUT2D eigenvalue weighted by Gasteiger charge is 2.35. The molecule has 3 aromatic rings. The Bertz CT molecular complexity index is 1270. The summed E-state index contributed by atoms with van der Waals surface area (Å²) < 4.78 is 17.5. The number of hydrogen-bond donors (Lipinski definition) is 3. The molecule has 1 saturated heterocycles. The quantitative estimate of drug-likeness (QED) is 0.260. The third-order valence-corrected chi connectivity index (χ3v) is 9.32. The van der Waals surface area contributed by atoms with Gasteiger partial charge in [0.2, 0.25) is 0 Å². The lowest BCUT2D eigenvalue weighted by Gasteiger charge is -2.40. The molecule has 1 aromatic carbocycles. The van der Waals surface area contributed by atoms with E-state index in [0.29, 0.717) is 29.9 Å². The van der Waals surface area contributed by atoms with Crippen LogP contribution < -0.4 is 20.9 Å². The van der Waals surface area contributed by atoms with Crippen LogP contribution in [0.4, 0.5) is 21.6 Å². The Labute approximate surface area is 244 Å². The van der Waals surface area contributed by atoms with E-state index in [1.165, 1.54) is 44.9 Å². The Morgan fingerprint density at radius 3 is 2.07 bits per heavy atom. The average molecular weight is 557 g/mol. The summed E-state index contributed by atoms with van der Waals surface area (Å²) in [6.07, 6.45) is 16.8. The summed E-state index contributed by atoms with van der Waals surface area (Å²) in [6, 6.07) is 12.3. The minimum Gasteiger partial charge on any atom is -0.382 e. The fourth-order valence-corrected chi connectivity index (χ4v) is 7.14. The molecule has 0 amide bonds. The molecule has 3 N–H and O–H groups in total. The molecule has 6 nitrogen and oxygen atoms in total. The fourth-order valence-electron chi connectivity index (χ4n) is 7.14. The summed E-state index contributed by atoms with van der Waals surface area (Å²) in [7, 11) is 0. The third kappa shape index (κ3) is 6.20. The van der Waals surface area contributed by atoms with Crippen LogP contribution in [0, 0.1) is 12.7 Å². The van der Waals surface area contributed by atoms with Crippen molar-refractivity contribution in [3.8, 4) is 11.3 Å². The molecule has 1 atom stereocenters. The number of aromatic nitrogens is 2. The van der Waals surface area contributed by atoms with Crippen LogP contribution in [0.25, 0.3) is 11.3 Å². The van der Waals surface area contributed by atoms with Gasteiger partial charge in [-0.2, -0.15) is 0 Å². The maximum Gasteiger partial charge on any atom is 0.142 e. The van der Waals surface area contributed by atoms with Crippen LogP contribution in [0.1, 0.15) is 87.8 Å². The second-order valence-electron chi connectivity index (χ2n) is 12.1. The summed E-state index contributed by atoms with van der Waals surface area (Å²) in [5.74, 6) is 0.721. The van der Waals surface area contributed by atoms with E-state index in [9.17, 15) is 0 Å². The van der Waals surface area contributed by atoms with E-state index in [1.54, 1.807) is 6.20 Å². The van der Waals surface area contributed by atoms with Crippen molar-refractivity contribution in [3.63, 3.8) is 0 Å². The van der Waals surface area contributed by atoms with E-state index >= 15 is 4.39 Å². The summed E-state index contributed by atoms with van der Waals surface area (Å²) in [6.45, 7) is 4.45. The molecule has 3 aliphatic rings. The predicted octanol–water partition coefficient (Wildman–Crippen LogP) is 7.62. The Morgan fingerprint density at radius 1 is 0.805 bits per heavy atom. The first-order valence-corrected chi connectivity index (χ1v) is 15.9. The van der Waals surface area contributed by atoms with Gasteiger partial charge in [-0.25, -0.2) is 9.37 Å². The van der Waals surface area contributed by atoms with E-state index < -0.39 is 0 Å². The van der Waals surface area contributed by atoms with Gasteiger partial charge in [-0.05, 0) is 62.4 Å². The molecule has 0 spiro atoms. The van der Waals surface area contributed by atoms with Gasteiger partial charge in [-0.1, -0.05) is 57.1 Å². The molecule has 218 valence electrons. The fraction of sp³-hybridized carbons (Fsp3) is 0.529. The lowest BCUT2D eigenvalue weighted by atomic mass is 9.89. The van der Waals surface area contributed by atoms with Gasteiger partial charge in [-0.3, -0.25) is 4.98 Å². The maximum atomic E-state index is 17.5. The van der Waals surface area contributed by atoms with Crippen LogP contribution in [0.15, 0.2) is 48.8 Å². The minimum absolute atomic E-state index is 0.168. The molecule has 0 radical (unpaired) electrons. The van der Waals surface area contributed by atoms with Crippen LogP contribution >= 0.6 is 0 Å². The molecule has 2 aliphatic carbocycles. The smallest absolute Gasteiger partial charge is 0.142 e. The molecule has 2 aromatic heterocycles. The number of benzene rings is 1. The molecular formula is C34H45FN6.